The molecule has 0 fully saturated rings. The molecule has 0 aliphatic carbocycles. The highest BCUT2D eigenvalue weighted by Gasteiger charge is 2.32. The molecule has 6 aromatic heterocycles. The lowest BCUT2D eigenvalue weighted by Gasteiger charge is -2.26. The third-order valence-electron chi connectivity index (χ3n) is 15.0. The van der Waals surface area contributed by atoms with Crippen molar-refractivity contribution in [1.29, 1.82) is 0 Å². The number of furan rings is 1. The molecule has 0 radical (unpaired) electrons. The third-order valence-corrected chi connectivity index (χ3v) is 15.0. The lowest BCUT2D eigenvalue weighted by molar-refractivity contribution is 0.669. The van der Waals surface area contributed by atoms with Gasteiger partial charge in [-0.15, -0.1) is 0 Å². The van der Waals surface area contributed by atoms with E-state index in [9.17, 15) is 0 Å². The summed E-state index contributed by atoms with van der Waals surface area (Å²) in [6.45, 7) is 0. The Morgan fingerprint density at radius 1 is 0.254 bits per heavy atom. The molecule has 330 valence electrons. The van der Waals surface area contributed by atoms with Crippen LogP contribution in [0.15, 0.2) is 241 Å². The highest BCUT2D eigenvalue weighted by molar-refractivity contribution is 6.16. The maximum atomic E-state index is 6.85. The highest BCUT2D eigenvalue weighted by atomic mass is 16.3. The van der Waals surface area contributed by atoms with E-state index in [1.54, 1.807) is 0 Å². The van der Waals surface area contributed by atoms with Gasteiger partial charge < -0.3 is 13.6 Å². The summed E-state index contributed by atoms with van der Waals surface area (Å²) in [6.07, 6.45) is 0. The van der Waals surface area contributed by atoms with E-state index in [1.807, 2.05) is 6.07 Å². The van der Waals surface area contributed by atoms with Crippen LogP contribution >= 0.6 is 0 Å². The van der Waals surface area contributed by atoms with Crippen LogP contribution in [0.1, 0.15) is 0 Å². The summed E-state index contributed by atoms with van der Waals surface area (Å²) in [7, 11) is 0. The van der Waals surface area contributed by atoms with Crippen LogP contribution < -0.4 is 0 Å². The van der Waals surface area contributed by atoms with E-state index in [1.165, 1.54) is 21.5 Å². The monoisotopic (exact) mass is 905 g/mol. The number of fused-ring (bicyclic) bond motifs is 15. The molecular weight excluding hydrogens is 867 g/mol. The zero-order chi connectivity index (χ0) is 46.3. The zero-order valence-electron chi connectivity index (χ0n) is 38.2. The fourth-order valence-corrected chi connectivity index (χ4v) is 12.1. The lowest BCUT2D eigenvalue weighted by atomic mass is 9.99. The number of hydrogen-bond acceptors (Lipinski definition) is 2. The highest BCUT2D eigenvalue weighted by Crippen LogP contribution is 2.49. The maximum absolute atomic E-state index is 6.85. The second-order valence-corrected chi connectivity index (χ2v) is 18.6. The quantitative estimate of drug-likeness (QED) is 0.173. The number of benzene rings is 10. The van der Waals surface area contributed by atoms with Gasteiger partial charge in [-0.25, -0.2) is 4.98 Å². The Labute approximate surface area is 405 Å². The van der Waals surface area contributed by atoms with E-state index in [-0.39, 0.29) is 0 Å². The summed E-state index contributed by atoms with van der Waals surface area (Å²) in [5, 5.41) is 11.5. The first kappa shape index (κ1) is 38.3. The number of rotatable bonds is 5. The first-order chi connectivity index (χ1) is 35.3. The summed E-state index contributed by atoms with van der Waals surface area (Å²) in [6, 6.07) is 85.6. The first-order valence-electron chi connectivity index (χ1n) is 24.2. The van der Waals surface area contributed by atoms with Crippen molar-refractivity contribution in [3.05, 3.63) is 237 Å². The number of aromatic nitrogens is 5. The standard InChI is InChI=1S/C65H39N5O/c1-10-28-51-41(19-1)42-20-2-11-29-52(42)67(51)62-61(40-37-38-50-49-27-9-18-36-59(49)71-60(50)39-40)63(68-53-30-12-3-21-43(53)44-22-4-13-31-54(44)68)65(70-57-34-16-7-25-47(57)48-26-8-17-35-58(48)70)66-64(62)69-55-32-14-5-23-45(55)46-24-6-15-33-56(46)69/h1-39H. The van der Waals surface area contributed by atoms with Crippen LogP contribution in [-0.2, 0) is 0 Å². The van der Waals surface area contributed by atoms with Gasteiger partial charge in [0, 0.05) is 59.4 Å². The van der Waals surface area contributed by atoms with Gasteiger partial charge >= 0.3 is 0 Å². The van der Waals surface area contributed by atoms with Gasteiger partial charge in [0.15, 0.2) is 11.6 Å². The van der Waals surface area contributed by atoms with Gasteiger partial charge in [0.1, 0.15) is 22.5 Å². The van der Waals surface area contributed by atoms with Gasteiger partial charge in [-0.3, -0.25) is 9.13 Å². The second kappa shape index (κ2) is 14.4. The molecule has 16 rings (SSSR count). The number of hydrogen-bond donors (Lipinski definition) is 0. The zero-order valence-corrected chi connectivity index (χ0v) is 38.2. The lowest BCUT2D eigenvalue weighted by Crippen LogP contribution is -2.16. The molecule has 0 saturated heterocycles. The molecule has 6 heteroatoms. The van der Waals surface area contributed by atoms with Gasteiger partial charge in [-0.2, -0.15) is 0 Å². The fraction of sp³-hybridized carbons (Fsp3) is 0. The summed E-state index contributed by atoms with van der Waals surface area (Å²) in [4.78, 5) is 6.34. The average Bonchev–Trinajstić information content (AvgIpc) is 4.23. The molecule has 10 aromatic carbocycles. The van der Waals surface area contributed by atoms with Gasteiger partial charge in [-0.05, 0) is 72.3 Å². The van der Waals surface area contributed by atoms with Crippen LogP contribution in [0.3, 0.4) is 0 Å². The molecule has 0 atom stereocenters. The van der Waals surface area contributed by atoms with Crippen molar-refractivity contribution in [2.75, 3.05) is 0 Å². The normalized spacial score (nSPS) is 12.2. The summed E-state index contributed by atoms with van der Waals surface area (Å²) < 4.78 is 16.7. The molecule has 0 unspecified atom stereocenters. The van der Waals surface area contributed by atoms with Crippen LogP contribution in [0.25, 0.3) is 143 Å². The van der Waals surface area contributed by atoms with Gasteiger partial charge in [0.05, 0.1) is 44.1 Å². The van der Waals surface area contributed by atoms with Crippen LogP contribution in [0.2, 0.25) is 0 Å². The first-order valence-corrected chi connectivity index (χ1v) is 24.2. The Morgan fingerprint density at radius 3 is 0.887 bits per heavy atom. The molecule has 6 nitrogen and oxygen atoms in total. The van der Waals surface area contributed by atoms with Crippen molar-refractivity contribution in [3.63, 3.8) is 0 Å². The van der Waals surface area contributed by atoms with Crippen LogP contribution in [0.4, 0.5) is 0 Å². The SMILES string of the molecule is c1ccc2c(c1)oc1cc(-c3c(-n4c5ccccc5c5ccccc54)c(-n4c5ccccc5c5ccccc54)nc(-n4c5ccccc5c5ccccc54)c3-n3c4ccccc4c4ccccc43)ccc12. The van der Waals surface area contributed by atoms with Crippen LogP contribution in [-0.4, -0.2) is 23.3 Å². The molecule has 0 bridgehead atoms. The topological polar surface area (TPSA) is 45.8 Å². The molecule has 0 aliphatic rings. The summed E-state index contributed by atoms with van der Waals surface area (Å²) in [5.41, 5.74) is 14.2. The van der Waals surface area contributed by atoms with Gasteiger partial charge in [0.25, 0.3) is 0 Å². The number of para-hydroxylation sites is 9. The van der Waals surface area contributed by atoms with Crippen molar-refractivity contribution in [2.24, 2.45) is 0 Å². The maximum Gasteiger partial charge on any atom is 0.165 e. The van der Waals surface area contributed by atoms with E-state index in [4.69, 9.17) is 9.40 Å². The van der Waals surface area contributed by atoms with Crippen molar-refractivity contribution >= 4 is 109 Å². The van der Waals surface area contributed by atoms with Gasteiger partial charge in [0.2, 0.25) is 0 Å². The predicted octanol–water partition coefficient (Wildman–Crippen LogP) is 17.0. The largest absolute Gasteiger partial charge is 0.456 e. The Kier molecular flexibility index (Phi) is 7.79. The molecule has 0 N–H and O–H groups in total. The molecular formula is C65H39N5O. The predicted molar refractivity (Wildman–Crippen MR) is 294 cm³/mol. The Bertz CT molecular complexity index is 4440. The van der Waals surface area contributed by atoms with Crippen LogP contribution in [0.5, 0.6) is 0 Å². The molecule has 0 spiro atoms. The molecule has 6 heterocycles. The minimum absolute atomic E-state index is 0.801. The summed E-state index contributed by atoms with van der Waals surface area (Å²) in [5.74, 6) is 1.60. The molecule has 16 aromatic rings. The van der Waals surface area contributed by atoms with E-state index < -0.39 is 0 Å². The fourth-order valence-electron chi connectivity index (χ4n) is 12.1. The van der Waals surface area contributed by atoms with Crippen LogP contribution in [0, 0.1) is 0 Å². The Hall–Kier alpha value is -9.65. The third kappa shape index (κ3) is 5.22. The smallest absolute Gasteiger partial charge is 0.165 e. The van der Waals surface area contributed by atoms with Gasteiger partial charge in [-0.1, -0.05) is 170 Å². The van der Waals surface area contributed by atoms with E-state index >= 15 is 0 Å². The van der Waals surface area contributed by atoms with E-state index in [0.717, 1.165) is 122 Å². The average molecular weight is 906 g/mol. The van der Waals surface area contributed by atoms with E-state index in [0.29, 0.717) is 0 Å². The molecule has 0 saturated carbocycles. The minimum atomic E-state index is 0.801. The van der Waals surface area contributed by atoms with E-state index in [2.05, 4.69) is 249 Å². The van der Waals surface area contributed by atoms with Crippen molar-refractivity contribution in [3.8, 4) is 34.1 Å². The Balaban J connectivity index is 1.24. The van der Waals surface area contributed by atoms with Crippen molar-refractivity contribution in [1.82, 2.24) is 23.3 Å². The number of pyridine rings is 1. The minimum Gasteiger partial charge on any atom is -0.456 e. The molecule has 0 aliphatic heterocycles. The second-order valence-electron chi connectivity index (χ2n) is 18.6. The summed E-state index contributed by atoms with van der Waals surface area (Å²) >= 11 is 0. The molecule has 0 amide bonds. The van der Waals surface area contributed by atoms with Crippen molar-refractivity contribution < 1.29 is 4.42 Å². The number of nitrogens with zero attached hydrogens (tertiary/aromatic N) is 5. The molecule has 71 heavy (non-hydrogen) atoms. The Morgan fingerprint density at radius 2 is 0.535 bits per heavy atom. The van der Waals surface area contributed by atoms with Crippen molar-refractivity contribution in [2.45, 2.75) is 0 Å².